The van der Waals surface area contributed by atoms with E-state index >= 15 is 0 Å². The number of pyridine rings is 1. The molecule has 0 unspecified atom stereocenters. The molecule has 0 aliphatic carbocycles. The standard InChI is InChI=1S/C58H61N3O/c1-55(2,3)43-30-41(28-42(31-43)50-33-39(26-27-59-50)37-20-15-13-16-21-37)47-24-19-25-51-52(47)60-54(48-35-45(57(7,8)9)36-49(53(48)62)58(10,11)12)61(51)46-32-40(38-22-17-14-18-23-38)29-44(34-46)56(4,5)6/h13-36,62H,1-12H3. The average Bonchev–Trinajstić information content (AvgIpc) is 3.62. The second kappa shape index (κ2) is 15.6. The van der Waals surface area contributed by atoms with Crippen molar-refractivity contribution in [2.75, 3.05) is 0 Å². The van der Waals surface area contributed by atoms with Crippen LogP contribution < -0.4 is 0 Å². The summed E-state index contributed by atoms with van der Waals surface area (Å²) in [6.45, 7) is 26.8. The Morgan fingerprint density at radius 2 is 1.00 bits per heavy atom. The predicted molar refractivity (Wildman–Crippen MR) is 263 cm³/mol. The lowest BCUT2D eigenvalue weighted by molar-refractivity contribution is 0.446. The van der Waals surface area contributed by atoms with Crippen molar-refractivity contribution in [3.63, 3.8) is 0 Å². The van der Waals surface area contributed by atoms with Crippen molar-refractivity contribution in [2.24, 2.45) is 0 Å². The van der Waals surface area contributed by atoms with Gasteiger partial charge in [-0.05, 0) is 115 Å². The van der Waals surface area contributed by atoms with Crippen molar-refractivity contribution in [3.8, 4) is 67.5 Å². The summed E-state index contributed by atoms with van der Waals surface area (Å²) >= 11 is 0. The van der Waals surface area contributed by atoms with Crippen LogP contribution in [0.25, 0.3) is 72.7 Å². The van der Waals surface area contributed by atoms with Gasteiger partial charge in [0.25, 0.3) is 0 Å². The number of imidazole rings is 1. The fourth-order valence-electron chi connectivity index (χ4n) is 8.32. The maximum Gasteiger partial charge on any atom is 0.149 e. The quantitative estimate of drug-likeness (QED) is 0.182. The van der Waals surface area contributed by atoms with Gasteiger partial charge in [-0.3, -0.25) is 9.55 Å². The van der Waals surface area contributed by atoms with Gasteiger partial charge in [0.2, 0.25) is 0 Å². The van der Waals surface area contributed by atoms with Gasteiger partial charge < -0.3 is 5.11 Å². The van der Waals surface area contributed by atoms with Crippen LogP contribution in [-0.2, 0) is 21.7 Å². The number of aromatic hydroxyl groups is 1. The highest BCUT2D eigenvalue weighted by molar-refractivity contribution is 5.97. The van der Waals surface area contributed by atoms with Gasteiger partial charge in [-0.15, -0.1) is 0 Å². The smallest absolute Gasteiger partial charge is 0.149 e. The Balaban J connectivity index is 1.46. The minimum Gasteiger partial charge on any atom is -0.507 e. The summed E-state index contributed by atoms with van der Waals surface area (Å²) in [7, 11) is 0. The molecule has 0 aliphatic rings. The van der Waals surface area contributed by atoms with Crippen LogP contribution in [0, 0.1) is 0 Å². The number of hydrogen-bond acceptors (Lipinski definition) is 3. The number of phenolic OH excluding ortho intramolecular Hbond substituents is 1. The normalized spacial score (nSPS) is 12.6. The molecule has 2 heterocycles. The number of fused-ring (bicyclic) bond motifs is 1. The van der Waals surface area contributed by atoms with Gasteiger partial charge in [0.15, 0.2) is 0 Å². The molecule has 1 N–H and O–H groups in total. The van der Waals surface area contributed by atoms with E-state index in [1.807, 2.05) is 12.3 Å². The van der Waals surface area contributed by atoms with Crippen LogP contribution in [0.2, 0.25) is 0 Å². The third-order valence-corrected chi connectivity index (χ3v) is 12.1. The molecule has 2 aromatic heterocycles. The highest BCUT2D eigenvalue weighted by Gasteiger charge is 2.29. The molecule has 8 rings (SSSR count). The van der Waals surface area contributed by atoms with E-state index in [0.717, 1.165) is 78.0 Å². The van der Waals surface area contributed by atoms with Crippen molar-refractivity contribution in [2.45, 2.75) is 105 Å². The van der Waals surface area contributed by atoms with E-state index in [4.69, 9.17) is 9.97 Å². The van der Waals surface area contributed by atoms with E-state index in [9.17, 15) is 5.11 Å². The summed E-state index contributed by atoms with van der Waals surface area (Å²) < 4.78 is 2.29. The average molecular weight is 816 g/mol. The number of benzene rings is 6. The van der Waals surface area contributed by atoms with Crippen LogP contribution in [0.5, 0.6) is 5.75 Å². The monoisotopic (exact) mass is 815 g/mol. The molecule has 0 saturated carbocycles. The largest absolute Gasteiger partial charge is 0.507 e. The van der Waals surface area contributed by atoms with Crippen LogP contribution >= 0.6 is 0 Å². The van der Waals surface area contributed by atoms with E-state index in [1.54, 1.807) is 0 Å². The van der Waals surface area contributed by atoms with Gasteiger partial charge in [0.1, 0.15) is 11.6 Å². The van der Waals surface area contributed by atoms with E-state index in [-0.39, 0.29) is 27.4 Å². The fraction of sp³-hybridized carbons (Fsp3) is 0.276. The Morgan fingerprint density at radius 3 is 1.61 bits per heavy atom. The minimum absolute atomic E-state index is 0.134. The van der Waals surface area contributed by atoms with Crippen molar-refractivity contribution >= 4 is 11.0 Å². The summed E-state index contributed by atoms with van der Waals surface area (Å²) in [6.07, 6.45) is 1.91. The van der Waals surface area contributed by atoms with Crippen LogP contribution in [-0.4, -0.2) is 19.6 Å². The number of nitrogens with zero attached hydrogens (tertiary/aromatic N) is 3. The minimum atomic E-state index is -0.315. The third kappa shape index (κ3) is 8.36. The van der Waals surface area contributed by atoms with Crippen LogP contribution in [0.15, 0.2) is 146 Å². The first-order chi connectivity index (χ1) is 29.2. The summed E-state index contributed by atoms with van der Waals surface area (Å²) in [5, 5.41) is 12.5. The van der Waals surface area contributed by atoms with Gasteiger partial charge in [0.05, 0.1) is 22.3 Å². The SMILES string of the molecule is CC(C)(C)c1cc(-c2cc(-c3ccccc3)ccn2)cc(-c2cccc3c2nc(-c2cc(C(C)(C)C)cc(C(C)(C)C)c2O)n3-c2cc(-c3ccccc3)cc(C(C)(C)C)c2)c1. The summed E-state index contributed by atoms with van der Waals surface area (Å²) in [6, 6.07) is 50.0. The van der Waals surface area contributed by atoms with Crippen molar-refractivity contribution in [1.29, 1.82) is 0 Å². The maximum atomic E-state index is 12.5. The van der Waals surface area contributed by atoms with E-state index in [2.05, 4.69) is 221 Å². The summed E-state index contributed by atoms with van der Waals surface area (Å²) in [5.74, 6) is 0.969. The molecule has 0 atom stereocenters. The Morgan fingerprint density at radius 1 is 0.435 bits per heavy atom. The molecule has 0 spiro atoms. The molecule has 0 fully saturated rings. The molecule has 8 aromatic rings. The molecule has 0 saturated heterocycles. The Hall–Kier alpha value is -6.26. The molecule has 0 bridgehead atoms. The molecule has 4 heteroatoms. The first kappa shape index (κ1) is 42.4. The molecule has 0 radical (unpaired) electrons. The summed E-state index contributed by atoms with van der Waals surface area (Å²) in [5.41, 5.74) is 15.9. The summed E-state index contributed by atoms with van der Waals surface area (Å²) in [4.78, 5) is 10.6. The lowest BCUT2D eigenvalue weighted by Crippen LogP contribution is -2.17. The Kier molecular flexibility index (Phi) is 10.7. The van der Waals surface area contributed by atoms with Gasteiger partial charge >= 0.3 is 0 Å². The molecular formula is C58H61N3O. The molecule has 62 heavy (non-hydrogen) atoms. The van der Waals surface area contributed by atoms with E-state index < -0.39 is 0 Å². The Labute approximate surface area is 369 Å². The lowest BCUT2D eigenvalue weighted by atomic mass is 9.79. The zero-order valence-corrected chi connectivity index (χ0v) is 38.6. The topological polar surface area (TPSA) is 50.9 Å². The van der Waals surface area contributed by atoms with Gasteiger partial charge in [-0.1, -0.05) is 174 Å². The third-order valence-electron chi connectivity index (χ3n) is 12.1. The zero-order valence-electron chi connectivity index (χ0n) is 38.6. The van der Waals surface area contributed by atoms with E-state index in [1.165, 1.54) is 11.1 Å². The van der Waals surface area contributed by atoms with Crippen molar-refractivity contribution in [3.05, 3.63) is 168 Å². The fourth-order valence-corrected chi connectivity index (χ4v) is 8.32. The lowest BCUT2D eigenvalue weighted by Gasteiger charge is -2.28. The van der Waals surface area contributed by atoms with Crippen LogP contribution in [0.3, 0.4) is 0 Å². The van der Waals surface area contributed by atoms with Crippen molar-refractivity contribution < 1.29 is 5.11 Å². The molecule has 4 nitrogen and oxygen atoms in total. The van der Waals surface area contributed by atoms with Crippen molar-refractivity contribution in [1.82, 2.24) is 14.5 Å². The second-order valence-electron chi connectivity index (χ2n) is 21.1. The number of phenols is 1. The number of rotatable bonds is 6. The van der Waals surface area contributed by atoms with Crippen LogP contribution in [0.4, 0.5) is 0 Å². The Bertz CT molecular complexity index is 2930. The predicted octanol–water partition coefficient (Wildman–Crippen LogP) is 15.7. The van der Waals surface area contributed by atoms with E-state index in [0.29, 0.717) is 5.82 Å². The number of para-hydroxylation sites is 1. The first-order valence-electron chi connectivity index (χ1n) is 22.0. The zero-order chi connectivity index (χ0) is 44.4. The molecular weight excluding hydrogens is 755 g/mol. The number of hydrogen-bond donors (Lipinski definition) is 1. The highest BCUT2D eigenvalue weighted by atomic mass is 16.3. The number of aromatic nitrogens is 3. The molecule has 6 aromatic carbocycles. The highest BCUT2D eigenvalue weighted by Crippen LogP contribution is 2.45. The molecule has 0 aliphatic heterocycles. The maximum absolute atomic E-state index is 12.5. The van der Waals surface area contributed by atoms with Gasteiger partial charge in [-0.25, -0.2) is 4.98 Å². The second-order valence-corrected chi connectivity index (χ2v) is 21.1. The first-order valence-corrected chi connectivity index (χ1v) is 22.0. The van der Waals surface area contributed by atoms with Gasteiger partial charge in [0, 0.05) is 28.6 Å². The molecule has 0 amide bonds. The van der Waals surface area contributed by atoms with Gasteiger partial charge in [-0.2, -0.15) is 0 Å². The van der Waals surface area contributed by atoms with Crippen LogP contribution in [0.1, 0.15) is 105 Å². The molecule has 314 valence electrons.